The van der Waals surface area contributed by atoms with E-state index in [2.05, 4.69) is 16.7 Å². The van der Waals surface area contributed by atoms with E-state index in [1.807, 2.05) is 20.8 Å². The van der Waals surface area contributed by atoms with E-state index in [4.69, 9.17) is 19.5 Å². The van der Waals surface area contributed by atoms with Crippen LogP contribution in [-0.2, 0) is 9.53 Å². The maximum absolute atomic E-state index is 13.2. The van der Waals surface area contributed by atoms with Gasteiger partial charge in [-0.3, -0.25) is 9.59 Å². The average Bonchev–Trinajstić information content (AvgIpc) is 2.93. The number of nitrogens with one attached hydrogen (secondary N) is 2. The third kappa shape index (κ3) is 8.83. The highest BCUT2D eigenvalue weighted by molar-refractivity contribution is 5.93. The first kappa shape index (κ1) is 29.2. The maximum atomic E-state index is 13.2. The van der Waals surface area contributed by atoms with Crippen LogP contribution in [0.5, 0.6) is 23.0 Å². The molecule has 0 aromatic heterocycles. The van der Waals surface area contributed by atoms with Crippen LogP contribution in [-0.4, -0.2) is 29.9 Å². The molecule has 212 valence electrons. The van der Waals surface area contributed by atoms with Crippen molar-refractivity contribution in [3.8, 4) is 29.1 Å². The van der Waals surface area contributed by atoms with Gasteiger partial charge in [0.1, 0.15) is 34.9 Å². The molecule has 0 aliphatic heterocycles. The van der Waals surface area contributed by atoms with Crippen LogP contribution >= 0.6 is 0 Å². The standard InChI is InChI=1S/C32H33N3O6/c1-32(2,3)41-31(38)35-24-10-8-23(9-11-24)30(37)34-25-16-28(39-26-12-4-21(19-33)5-13-26)18-29(17-25)40-27-14-6-22(20-36)7-15-27/h4-7,12-18,20,23-24H,8-11H2,1-3H3,(H,34,37)(H,35,38). The molecule has 0 atom stereocenters. The van der Waals surface area contributed by atoms with Crippen molar-refractivity contribution in [3.63, 3.8) is 0 Å². The first-order valence-electron chi connectivity index (χ1n) is 13.5. The minimum absolute atomic E-state index is 0.0383. The van der Waals surface area contributed by atoms with Crippen molar-refractivity contribution < 1.29 is 28.6 Å². The van der Waals surface area contributed by atoms with E-state index in [9.17, 15) is 14.4 Å². The van der Waals surface area contributed by atoms with Crippen molar-refractivity contribution in [2.75, 3.05) is 5.32 Å². The second-order valence-corrected chi connectivity index (χ2v) is 10.9. The third-order valence-electron chi connectivity index (χ3n) is 6.44. The average molecular weight is 556 g/mol. The van der Waals surface area contributed by atoms with Crippen LogP contribution in [0.1, 0.15) is 62.4 Å². The summed E-state index contributed by atoms with van der Waals surface area (Å²) >= 11 is 0. The van der Waals surface area contributed by atoms with Gasteiger partial charge in [0.2, 0.25) is 5.91 Å². The molecule has 9 heteroatoms. The van der Waals surface area contributed by atoms with Crippen LogP contribution in [0.15, 0.2) is 66.7 Å². The topological polar surface area (TPSA) is 127 Å². The van der Waals surface area contributed by atoms with E-state index in [0.29, 0.717) is 65.5 Å². The highest BCUT2D eigenvalue weighted by Gasteiger charge is 2.28. The van der Waals surface area contributed by atoms with E-state index in [1.165, 1.54) is 0 Å². The summed E-state index contributed by atoms with van der Waals surface area (Å²) in [6.45, 7) is 5.45. The zero-order valence-corrected chi connectivity index (χ0v) is 23.3. The van der Waals surface area contributed by atoms with Crippen molar-refractivity contribution >= 4 is 24.0 Å². The van der Waals surface area contributed by atoms with Gasteiger partial charge < -0.3 is 24.8 Å². The molecule has 4 rings (SSSR count). The first-order chi connectivity index (χ1) is 19.6. The molecule has 1 fully saturated rings. The second kappa shape index (κ2) is 13.0. The highest BCUT2D eigenvalue weighted by atomic mass is 16.6. The monoisotopic (exact) mass is 555 g/mol. The Kier molecular flexibility index (Phi) is 9.25. The molecule has 0 bridgehead atoms. The third-order valence-corrected chi connectivity index (χ3v) is 6.44. The van der Waals surface area contributed by atoms with Gasteiger partial charge in [0.05, 0.1) is 11.6 Å². The minimum atomic E-state index is -0.568. The van der Waals surface area contributed by atoms with Crippen molar-refractivity contribution in [3.05, 3.63) is 77.9 Å². The summed E-state index contributed by atoms with van der Waals surface area (Å²) in [5.41, 5.74) is 0.965. The van der Waals surface area contributed by atoms with Crippen molar-refractivity contribution in [2.24, 2.45) is 5.92 Å². The lowest BCUT2D eigenvalue weighted by Gasteiger charge is -2.29. The first-order valence-corrected chi connectivity index (χ1v) is 13.5. The number of nitriles is 1. The summed E-state index contributed by atoms with van der Waals surface area (Å²) in [5.74, 6) is 1.55. The van der Waals surface area contributed by atoms with E-state index in [-0.39, 0.29) is 17.9 Å². The Bertz CT molecular complexity index is 1410. The van der Waals surface area contributed by atoms with Crippen LogP contribution in [0.2, 0.25) is 0 Å². The van der Waals surface area contributed by atoms with Crippen molar-refractivity contribution in [1.82, 2.24) is 5.32 Å². The van der Waals surface area contributed by atoms with Crippen molar-refractivity contribution in [1.29, 1.82) is 5.26 Å². The molecule has 3 aromatic carbocycles. The molecule has 41 heavy (non-hydrogen) atoms. The second-order valence-electron chi connectivity index (χ2n) is 10.9. The minimum Gasteiger partial charge on any atom is -0.457 e. The number of rotatable bonds is 8. The van der Waals surface area contributed by atoms with Gasteiger partial charge in [-0.2, -0.15) is 5.26 Å². The summed E-state index contributed by atoms with van der Waals surface area (Å²) in [6, 6.07) is 20.5. The number of alkyl carbamates (subject to hydrolysis) is 1. The summed E-state index contributed by atoms with van der Waals surface area (Å²) in [4.78, 5) is 36.3. The predicted octanol–water partition coefficient (Wildman–Crippen LogP) is 6.98. The normalized spacial score (nSPS) is 16.5. The fourth-order valence-corrected chi connectivity index (χ4v) is 4.46. The Labute approximate surface area is 239 Å². The lowest BCUT2D eigenvalue weighted by molar-refractivity contribution is -0.120. The molecule has 1 aliphatic carbocycles. The van der Waals surface area contributed by atoms with Crippen molar-refractivity contribution in [2.45, 2.75) is 58.1 Å². The van der Waals surface area contributed by atoms with Gasteiger partial charge in [-0.05, 0) is 95.0 Å². The molecule has 2 amide bonds. The Morgan fingerprint density at radius 3 is 1.93 bits per heavy atom. The zero-order chi connectivity index (χ0) is 29.4. The van der Waals surface area contributed by atoms with Gasteiger partial charge in [0, 0.05) is 41.4 Å². The molecule has 3 aromatic rings. The number of carbonyl (C=O) groups excluding carboxylic acids is 3. The van der Waals surface area contributed by atoms with Crippen LogP contribution < -0.4 is 20.1 Å². The number of carbonyl (C=O) groups is 3. The van der Waals surface area contributed by atoms with Gasteiger partial charge in [0.25, 0.3) is 0 Å². The highest BCUT2D eigenvalue weighted by Crippen LogP contribution is 2.34. The molecule has 0 heterocycles. The fourth-order valence-electron chi connectivity index (χ4n) is 4.46. The van der Waals surface area contributed by atoms with Crippen LogP contribution in [0.25, 0.3) is 0 Å². The quantitative estimate of drug-likeness (QED) is 0.287. The lowest BCUT2D eigenvalue weighted by Crippen LogP contribution is -2.42. The molecule has 0 unspecified atom stereocenters. The molecule has 2 N–H and O–H groups in total. The van der Waals surface area contributed by atoms with Gasteiger partial charge >= 0.3 is 6.09 Å². The van der Waals surface area contributed by atoms with E-state index in [1.54, 1.807) is 66.7 Å². The fraction of sp³-hybridized carbons (Fsp3) is 0.312. The number of amides is 2. The molecule has 1 aliphatic rings. The summed E-state index contributed by atoms with van der Waals surface area (Å²) < 4.78 is 17.4. The number of anilines is 1. The lowest BCUT2D eigenvalue weighted by atomic mass is 9.85. The van der Waals surface area contributed by atoms with Crippen LogP contribution in [0.4, 0.5) is 10.5 Å². The maximum Gasteiger partial charge on any atom is 0.407 e. The number of aldehydes is 1. The molecule has 0 saturated heterocycles. The summed E-state index contributed by atoms with van der Waals surface area (Å²) in [7, 11) is 0. The predicted molar refractivity (Wildman–Crippen MR) is 153 cm³/mol. The van der Waals surface area contributed by atoms with Crippen LogP contribution in [0, 0.1) is 17.2 Å². The smallest absolute Gasteiger partial charge is 0.407 e. The number of hydrogen-bond acceptors (Lipinski definition) is 7. The number of benzene rings is 3. The molecular weight excluding hydrogens is 522 g/mol. The zero-order valence-electron chi connectivity index (χ0n) is 23.3. The van der Waals surface area contributed by atoms with E-state index >= 15 is 0 Å². The molecule has 1 saturated carbocycles. The van der Waals surface area contributed by atoms with Crippen LogP contribution in [0.3, 0.4) is 0 Å². The molecule has 0 spiro atoms. The van der Waals surface area contributed by atoms with E-state index in [0.717, 1.165) is 6.29 Å². The van der Waals surface area contributed by atoms with Gasteiger partial charge in [-0.15, -0.1) is 0 Å². The van der Waals surface area contributed by atoms with E-state index < -0.39 is 11.7 Å². The molecule has 9 nitrogen and oxygen atoms in total. The largest absolute Gasteiger partial charge is 0.457 e. The van der Waals surface area contributed by atoms with Gasteiger partial charge in [0.15, 0.2) is 0 Å². The summed E-state index contributed by atoms with van der Waals surface area (Å²) in [6.07, 6.45) is 2.90. The molecule has 0 radical (unpaired) electrons. The van der Waals surface area contributed by atoms with Gasteiger partial charge in [-0.25, -0.2) is 4.79 Å². The number of nitrogens with zero attached hydrogens (tertiary/aromatic N) is 1. The Morgan fingerprint density at radius 2 is 1.41 bits per heavy atom. The SMILES string of the molecule is CC(C)(C)OC(=O)NC1CCC(C(=O)Nc2cc(Oc3ccc(C#N)cc3)cc(Oc3ccc(C=O)cc3)c2)CC1. The Morgan fingerprint density at radius 1 is 0.854 bits per heavy atom. The molecular formula is C32H33N3O6. The number of hydrogen-bond donors (Lipinski definition) is 2. The number of ether oxygens (including phenoxy) is 3. The Hall–Kier alpha value is -4.84. The van der Waals surface area contributed by atoms with Gasteiger partial charge in [-0.1, -0.05) is 0 Å². The summed E-state index contributed by atoms with van der Waals surface area (Å²) in [5, 5.41) is 14.9. The Balaban J connectivity index is 1.45.